The Morgan fingerprint density at radius 3 is 2.74 bits per heavy atom. The van der Waals surface area contributed by atoms with Gasteiger partial charge in [0.2, 0.25) is 0 Å². The average molecular weight is 365 g/mol. The second-order valence-electron chi connectivity index (χ2n) is 6.83. The molecule has 5 nitrogen and oxygen atoms in total. The van der Waals surface area contributed by atoms with Crippen LogP contribution in [-0.2, 0) is 29.0 Å². The summed E-state index contributed by atoms with van der Waals surface area (Å²) >= 11 is 0. The van der Waals surface area contributed by atoms with E-state index in [1.54, 1.807) is 0 Å². The number of nitrogens with two attached hydrogens (primary N) is 1. The maximum Gasteiger partial charge on any atom is 0.306 e. The molecule has 27 heavy (non-hydrogen) atoms. The van der Waals surface area contributed by atoms with Crippen molar-refractivity contribution in [3.8, 4) is 0 Å². The molecule has 0 fully saturated rings. The zero-order valence-electron chi connectivity index (χ0n) is 15.6. The van der Waals surface area contributed by atoms with E-state index >= 15 is 0 Å². The van der Waals surface area contributed by atoms with Gasteiger partial charge in [0.05, 0.1) is 0 Å². The number of anilines is 1. The van der Waals surface area contributed by atoms with Crippen molar-refractivity contribution < 1.29 is 9.53 Å². The number of benzene rings is 2. The lowest BCUT2D eigenvalue weighted by Crippen LogP contribution is -2.23. The molecule has 5 heteroatoms. The summed E-state index contributed by atoms with van der Waals surface area (Å²) in [5.41, 5.74) is 10.8. The molecule has 0 atom stereocenters. The Balaban J connectivity index is 1.31. The van der Waals surface area contributed by atoms with E-state index in [9.17, 15) is 4.79 Å². The molecule has 2 aromatic rings. The number of guanidine groups is 1. The molecule has 1 aliphatic carbocycles. The van der Waals surface area contributed by atoms with E-state index in [-0.39, 0.29) is 5.97 Å². The van der Waals surface area contributed by atoms with Gasteiger partial charge in [-0.2, -0.15) is 0 Å². The monoisotopic (exact) mass is 365 g/mol. The molecule has 1 aliphatic rings. The summed E-state index contributed by atoms with van der Waals surface area (Å²) in [7, 11) is 0. The summed E-state index contributed by atoms with van der Waals surface area (Å²) in [5.74, 6) is 0.242. The van der Waals surface area contributed by atoms with Gasteiger partial charge in [0, 0.05) is 18.7 Å². The van der Waals surface area contributed by atoms with Crippen LogP contribution in [0, 0.1) is 0 Å². The number of rotatable bonds is 8. The molecular formula is C22H27N3O2. The van der Waals surface area contributed by atoms with Gasteiger partial charge < -0.3 is 15.8 Å². The minimum Gasteiger partial charge on any atom is -0.461 e. The Hall–Kier alpha value is -2.82. The highest BCUT2D eigenvalue weighted by Crippen LogP contribution is 2.24. The predicted octanol–water partition coefficient (Wildman–Crippen LogP) is 3.82. The van der Waals surface area contributed by atoms with Gasteiger partial charge in [0.25, 0.3) is 0 Å². The fourth-order valence-corrected chi connectivity index (χ4v) is 3.23. The van der Waals surface area contributed by atoms with Gasteiger partial charge in [-0.1, -0.05) is 36.4 Å². The molecule has 0 aliphatic heterocycles. The van der Waals surface area contributed by atoms with Crippen molar-refractivity contribution in [2.75, 3.05) is 11.9 Å². The van der Waals surface area contributed by atoms with Crippen LogP contribution in [0.3, 0.4) is 0 Å². The lowest BCUT2D eigenvalue weighted by atomic mass is 10.1. The third-order valence-corrected chi connectivity index (χ3v) is 4.68. The van der Waals surface area contributed by atoms with Crippen LogP contribution in [0.15, 0.2) is 53.5 Å². The van der Waals surface area contributed by atoms with Crippen LogP contribution in [0.2, 0.25) is 0 Å². The maximum atomic E-state index is 11.8. The average Bonchev–Trinajstić information content (AvgIpc) is 3.15. The fourth-order valence-electron chi connectivity index (χ4n) is 3.23. The molecule has 3 rings (SSSR count). The smallest absolute Gasteiger partial charge is 0.306 e. The second kappa shape index (κ2) is 9.76. The van der Waals surface area contributed by atoms with Crippen LogP contribution in [0.25, 0.3) is 0 Å². The third-order valence-electron chi connectivity index (χ3n) is 4.68. The molecule has 3 N–H and O–H groups in total. The van der Waals surface area contributed by atoms with Crippen LogP contribution >= 0.6 is 0 Å². The largest absolute Gasteiger partial charge is 0.461 e. The first-order valence-corrected chi connectivity index (χ1v) is 9.59. The van der Waals surface area contributed by atoms with E-state index in [1.165, 1.54) is 24.0 Å². The first-order chi connectivity index (χ1) is 13.2. The first kappa shape index (κ1) is 19.0. The van der Waals surface area contributed by atoms with Gasteiger partial charge in [-0.25, -0.2) is 0 Å². The minimum absolute atomic E-state index is 0.174. The highest BCUT2D eigenvalue weighted by Gasteiger charge is 2.10. The number of esters is 1. The van der Waals surface area contributed by atoms with Crippen molar-refractivity contribution in [3.63, 3.8) is 0 Å². The molecular weight excluding hydrogens is 338 g/mol. The normalized spacial score (nSPS) is 13.3. The molecule has 0 radical (unpaired) electrons. The van der Waals surface area contributed by atoms with Crippen LogP contribution in [0.4, 0.5) is 5.69 Å². The molecule has 0 bridgehead atoms. The van der Waals surface area contributed by atoms with Crippen molar-refractivity contribution in [3.05, 3.63) is 65.2 Å². The number of aliphatic imine (C=N–C) groups is 1. The number of hydrogen-bond donors (Lipinski definition) is 2. The van der Waals surface area contributed by atoms with Gasteiger partial charge in [-0.3, -0.25) is 9.79 Å². The second-order valence-corrected chi connectivity index (χ2v) is 6.83. The van der Waals surface area contributed by atoms with Crippen LogP contribution in [0.5, 0.6) is 0 Å². The molecule has 0 spiro atoms. The van der Waals surface area contributed by atoms with Crippen molar-refractivity contribution in [2.24, 2.45) is 10.7 Å². The van der Waals surface area contributed by atoms with E-state index in [1.807, 2.05) is 30.3 Å². The number of aryl methyl sites for hydroxylation is 2. The number of ether oxygens (including phenoxy) is 1. The summed E-state index contributed by atoms with van der Waals surface area (Å²) in [5, 5.41) is 3.15. The summed E-state index contributed by atoms with van der Waals surface area (Å²) in [6.07, 6.45) is 5.49. The van der Waals surface area contributed by atoms with Crippen molar-refractivity contribution in [1.82, 2.24) is 0 Å². The van der Waals surface area contributed by atoms with Gasteiger partial charge in [-0.15, -0.1) is 0 Å². The topological polar surface area (TPSA) is 76.7 Å². The van der Waals surface area contributed by atoms with Crippen molar-refractivity contribution in [1.29, 1.82) is 0 Å². The van der Waals surface area contributed by atoms with E-state index in [0.717, 1.165) is 30.5 Å². The number of fused-ring (bicyclic) bond motifs is 1. The molecule has 0 aromatic heterocycles. The number of unbranched alkanes of at least 4 members (excludes halogenated alkanes) is 1. The highest BCUT2D eigenvalue weighted by atomic mass is 16.5. The number of nitrogens with zero attached hydrogens (tertiary/aromatic N) is 1. The van der Waals surface area contributed by atoms with Gasteiger partial charge in [-0.05, 0) is 60.9 Å². The van der Waals surface area contributed by atoms with E-state index in [4.69, 9.17) is 10.5 Å². The van der Waals surface area contributed by atoms with E-state index in [2.05, 4.69) is 28.5 Å². The Labute approximate surface area is 160 Å². The molecule has 0 amide bonds. The van der Waals surface area contributed by atoms with Crippen LogP contribution < -0.4 is 11.1 Å². The van der Waals surface area contributed by atoms with Crippen molar-refractivity contribution >= 4 is 17.6 Å². The Bertz CT molecular complexity index is 787. The first-order valence-electron chi connectivity index (χ1n) is 9.59. The molecule has 0 unspecified atom stereocenters. The van der Waals surface area contributed by atoms with E-state index in [0.29, 0.717) is 25.5 Å². The molecule has 142 valence electrons. The zero-order chi connectivity index (χ0) is 18.9. The number of carbonyl (C=O) groups is 1. The number of nitrogens with one attached hydrogen (secondary N) is 1. The SMILES string of the molecule is NC(=NCCCCC(=O)OCc1ccccc1)Nc1ccc2c(c1)CCC2. The fraction of sp³-hybridized carbons (Fsp3) is 0.364. The Morgan fingerprint density at radius 1 is 1.07 bits per heavy atom. The van der Waals surface area contributed by atoms with Gasteiger partial charge >= 0.3 is 5.97 Å². The van der Waals surface area contributed by atoms with Crippen LogP contribution in [-0.4, -0.2) is 18.5 Å². The maximum absolute atomic E-state index is 11.8. The minimum atomic E-state index is -0.174. The molecule has 0 saturated carbocycles. The Morgan fingerprint density at radius 2 is 1.89 bits per heavy atom. The Kier molecular flexibility index (Phi) is 6.85. The predicted molar refractivity (Wildman–Crippen MR) is 109 cm³/mol. The lowest BCUT2D eigenvalue weighted by Gasteiger charge is -2.08. The van der Waals surface area contributed by atoms with E-state index < -0.39 is 0 Å². The molecule has 0 heterocycles. The summed E-state index contributed by atoms with van der Waals surface area (Å²) in [6, 6.07) is 16.1. The number of hydrogen-bond acceptors (Lipinski definition) is 3. The number of carbonyl (C=O) groups excluding carboxylic acids is 1. The van der Waals surface area contributed by atoms with Gasteiger partial charge in [0.1, 0.15) is 6.61 Å². The standard InChI is InChI=1S/C22H27N3O2/c23-22(25-20-13-12-18-9-6-10-19(18)15-20)24-14-5-4-11-21(26)27-16-17-7-2-1-3-8-17/h1-3,7-8,12-13,15H,4-6,9-11,14,16H2,(H3,23,24,25). The van der Waals surface area contributed by atoms with Crippen molar-refractivity contribution in [2.45, 2.75) is 45.1 Å². The van der Waals surface area contributed by atoms with Crippen LogP contribution in [0.1, 0.15) is 42.4 Å². The summed E-state index contributed by atoms with van der Waals surface area (Å²) < 4.78 is 5.26. The molecule has 2 aromatic carbocycles. The quantitative estimate of drug-likeness (QED) is 0.323. The zero-order valence-corrected chi connectivity index (χ0v) is 15.6. The molecule has 0 saturated heterocycles. The lowest BCUT2D eigenvalue weighted by molar-refractivity contribution is -0.145. The summed E-state index contributed by atoms with van der Waals surface area (Å²) in [4.78, 5) is 16.1. The third kappa shape index (κ3) is 6.13. The van der Waals surface area contributed by atoms with Gasteiger partial charge in [0.15, 0.2) is 5.96 Å². The highest BCUT2D eigenvalue weighted by molar-refractivity contribution is 5.92. The summed E-state index contributed by atoms with van der Waals surface area (Å²) in [6.45, 7) is 0.922.